The molecule has 1 amide bonds. The molecule has 0 aliphatic carbocycles. The molecule has 0 saturated heterocycles. The molecule has 2 rings (SSSR count). The van der Waals surface area contributed by atoms with Crippen LogP contribution in [0, 0.1) is 0 Å². The SMILES string of the molecule is CCc1cc(OC)c(OC)c(C(=O)Nc2cc(C(F)(F)CC)ccc2N(C)CCCN(C)C)c1. The average Bonchev–Trinajstić information content (AvgIpc) is 2.82. The number of anilines is 2. The number of carbonyl (C=O) groups excluding carboxylic acids is 1. The normalized spacial score (nSPS) is 11.5. The summed E-state index contributed by atoms with van der Waals surface area (Å²) in [6, 6.07) is 8.00. The second-order valence-corrected chi connectivity index (χ2v) is 8.55. The van der Waals surface area contributed by atoms with Crippen molar-refractivity contribution in [1.82, 2.24) is 4.90 Å². The summed E-state index contributed by atoms with van der Waals surface area (Å²) in [5.74, 6) is -2.71. The second-order valence-electron chi connectivity index (χ2n) is 8.55. The Morgan fingerprint density at radius 3 is 2.29 bits per heavy atom. The number of rotatable bonds is 12. The summed E-state index contributed by atoms with van der Waals surface area (Å²) < 4.78 is 39.9. The molecule has 0 fully saturated rings. The summed E-state index contributed by atoms with van der Waals surface area (Å²) >= 11 is 0. The van der Waals surface area contributed by atoms with Gasteiger partial charge in [0.05, 0.1) is 31.2 Å². The van der Waals surface area contributed by atoms with Crippen molar-refractivity contribution in [3.8, 4) is 11.5 Å². The van der Waals surface area contributed by atoms with E-state index in [1.54, 1.807) is 12.1 Å². The lowest BCUT2D eigenvalue weighted by Crippen LogP contribution is -2.25. The fourth-order valence-electron chi connectivity index (χ4n) is 3.73. The Labute approximate surface area is 201 Å². The first-order chi connectivity index (χ1) is 16.1. The van der Waals surface area contributed by atoms with Gasteiger partial charge < -0.3 is 24.6 Å². The van der Waals surface area contributed by atoms with Crippen molar-refractivity contribution in [3.05, 3.63) is 47.0 Å². The van der Waals surface area contributed by atoms with Crippen LogP contribution in [-0.4, -0.2) is 59.3 Å². The smallest absolute Gasteiger partial charge is 0.273 e. The van der Waals surface area contributed by atoms with Crippen molar-refractivity contribution in [2.45, 2.75) is 39.0 Å². The molecule has 0 spiro atoms. The molecule has 2 aromatic rings. The van der Waals surface area contributed by atoms with E-state index in [0.717, 1.165) is 18.5 Å². The van der Waals surface area contributed by atoms with Crippen molar-refractivity contribution in [2.24, 2.45) is 0 Å². The van der Waals surface area contributed by atoms with E-state index >= 15 is 0 Å². The number of carbonyl (C=O) groups is 1. The number of aryl methyl sites for hydroxylation is 1. The highest BCUT2D eigenvalue weighted by Crippen LogP contribution is 2.38. The first-order valence-electron chi connectivity index (χ1n) is 11.5. The number of nitrogens with zero attached hydrogens (tertiary/aromatic N) is 2. The van der Waals surface area contributed by atoms with Crippen molar-refractivity contribution in [3.63, 3.8) is 0 Å². The third-order valence-corrected chi connectivity index (χ3v) is 5.81. The molecule has 0 atom stereocenters. The molecule has 0 bridgehead atoms. The Bertz CT molecular complexity index is 980. The maximum Gasteiger partial charge on any atom is 0.273 e. The van der Waals surface area contributed by atoms with E-state index in [0.29, 0.717) is 35.8 Å². The molecule has 0 unspecified atom stereocenters. The predicted molar refractivity (Wildman–Crippen MR) is 134 cm³/mol. The molecule has 8 heteroatoms. The van der Waals surface area contributed by atoms with Gasteiger partial charge in [-0.25, -0.2) is 8.78 Å². The highest BCUT2D eigenvalue weighted by Gasteiger charge is 2.30. The zero-order valence-corrected chi connectivity index (χ0v) is 21.3. The van der Waals surface area contributed by atoms with E-state index in [1.165, 1.54) is 33.3 Å². The van der Waals surface area contributed by atoms with Gasteiger partial charge in [0.2, 0.25) is 0 Å². The lowest BCUT2D eigenvalue weighted by molar-refractivity contribution is -0.00823. The maximum atomic E-state index is 14.5. The minimum absolute atomic E-state index is 0.136. The number of halogens is 2. The maximum absolute atomic E-state index is 14.5. The summed E-state index contributed by atoms with van der Waals surface area (Å²) in [6.45, 7) is 5.00. The number of alkyl halides is 2. The lowest BCUT2D eigenvalue weighted by Gasteiger charge is -2.25. The first kappa shape index (κ1) is 27.4. The van der Waals surface area contributed by atoms with Crippen LogP contribution in [0.15, 0.2) is 30.3 Å². The van der Waals surface area contributed by atoms with Crippen LogP contribution in [-0.2, 0) is 12.3 Å². The minimum atomic E-state index is -3.00. The highest BCUT2D eigenvalue weighted by atomic mass is 19.3. The van der Waals surface area contributed by atoms with E-state index in [1.807, 2.05) is 39.0 Å². The number of benzene rings is 2. The van der Waals surface area contributed by atoms with Gasteiger partial charge in [0, 0.05) is 25.6 Å². The van der Waals surface area contributed by atoms with Crippen LogP contribution >= 0.6 is 0 Å². The fraction of sp³-hybridized carbons (Fsp3) is 0.500. The van der Waals surface area contributed by atoms with Crippen LogP contribution in [0.1, 0.15) is 48.2 Å². The third-order valence-electron chi connectivity index (χ3n) is 5.81. The molecule has 0 saturated carbocycles. The molecule has 6 nitrogen and oxygen atoms in total. The molecule has 188 valence electrons. The zero-order chi connectivity index (χ0) is 25.5. The number of hydrogen-bond acceptors (Lipinski definition) is 5. The minimum Gasteiger partial charge on any atom is -0.493 e. The lowest BCUT2D eigenvalue weighted by atomic mass is 10.0. The van der Waals surface area contributed by atoms with Crippen molar-refractivity contribution in [1.29, 1.82) is 0 Å². The summed E-state index contributed by atoms with van der Waals surface area (Å²) in [5.41, 5.74) is 2.04. The van der Waals surface area contributed by atoms with Crippen LogP contribution in [0.5, 0.6) is 11.5 Å². The van der Waals surface area contributed by atoms with Gasteiger partial charge in [-0.2, -0.15) is 0 Å². The van der Waals surface area contributed by atoms with Gasteiger partial charge in [-0.05, 0) is 63.3 Å². The summed E-state index contributed by atoms with van der Waals surface area (Å²) in [5, 5.41) is 2.86. The summed E-state index contributed by atoms with van der Waals surface area (Å²) in [7, 11) is 8.86. The van der Waals surface area contributed by atoms with Gasteiger partial charge in [-0.15, -0.1) is 0 Å². The number of methoxy groups -OCH3 is 2. The monoisotopic (exact) mass is 477 g/mol. The van der Waals surface area contributed by atoms with Gasteiger partial charge in [0.1, 0.15) is 0 Å². The van der Waals surface area contributed by atoms with Crippen molar-refractivity contribution < 1.29 is 23.0 Å². The Morgan fingerprint density at radius 2 is 1.74 bits per heavy atom. The van der Waals surface area contributed by atoms with Crippen molar-refractivity contribution >= 4 is 17.3 Å². The third kappa shape index (κ3) is 6.59. The standard InChI is InChI=1S/C26H37F2N3O3/c1-8-18-15-20(24(34-7)23(16-18)33-6)25(32)29-21-17-19(26(27,28)9-2)11-12-22(21)31(5)14-10-13-30(3)4/h11-12,15-17H,8-10,13-14H2,1-7H3,(H,29,32). The van der Waals surface area contributed by atoms with Gasteiger partial charge in [0.25, 0.3) is 11.8 Å². The number of ether oxygens (including phenoxy) is 2. The van der Waals surface area contributed by atoms with Gasteiger partial charge in [-0.1, -0.05) is 19.9 Å². The van der Waals surface area contributed by atoms with Crippen LogP contribution in [0.4, 0.5) is 20.2 Å². The Hall–Kier alpha value is -2.87. The largest absolute Gasteiger partial charge is 0.493 e. The molecule has 0 radical (unpaired) electrons. The average molecular weight is 478 g/mol. The molecular weight excluding hydrogens is 440 g/mol. The number of nitrogens with one attached hydrogen (secondary N) is 1. The Kier molecular flexibility index (Phi) is 9.67. The summed E-state index contributed by atoms with van der Waals surface area (Å²) in [6.07, 6.45) is 1.24. The van der Waals surface area contributed by atoms with Crippen LogP contribution in [0.25, 0.3) is 0 Å². The summed E-state index contributed by atoms with van der Waals surface area (Å²) in [4.78, 5) is 17.4. The topological polar surface area (TPSA) is 54.0 Å². The van der Waals surface area contributed by atoms with Crippen LogP contribution in [0.3, 0.4) is 0 Å². The second kappa shape index (κ2) is 12.0. The molecule has 0 aliphatic rings. The fourth-order valence-corrected chi connectivity index (χ4v) is 3.73. The van der Waals surface area contributed by atoms with Gasteiger partial charge >= 0.3 is 0 Å². The molecule has 2 aromatic carbocycles. The Balaban J connectivity index is 2.49. The van der Waals surface area contributed by atoms with Crippen LogP contribution in [0.2, 0.25) is 0 Å². The quantitative estimate of drug-likeness (QED) is 0.443. The number of amides is 1. The Morgan fingerprint density at radius 1 is 1.03 bits per heavy atom. The van der Waals surface area contributed by atoms with E-state index in [4.69, 9.17) is 9.47 Å². The highest BCUT2D eigenvalue weighted by molar-refractivity contribution is 6.08. The molecule has 0 aliphatic heterocycles. The molecule has 1 N–H and O–H groups in total. The van der Waals surface area contributed by atoms with Crippen molar-refractivity contribution in [2.75, 3.05) is 58.7 Å². The van der Waals surface area contributed by atoms with E-state index in [-0.39, 0.29) is 17.5 Å². The van der Waals surface area contributed by atoms with E-state index in [2.05, 4.69) is 10.2 Å². The molecule has 0 heterocycles. The molecule has 34 heavy (non-hydrogen) atoms. The first-order valence-corrected chi connectivity index (χ1v) is 11.5. The molecule has 0 aromatic heterocycles. The van der Waals surface area contributed by atoms with Gasteiger partial charge in [0.15, 0.2) is 11.5 Å². The van der Waals surface area contributed by atoms with Gasteiger partial charge in [-0.3, -0.25) is 4.79 Å². The van der Waals surface area contributed by atoms with Crippen LogP contribution < -0.4 is 19.7 Å². The number of hydrogen-bond donors (Lipinski definition) is 1. The zero-order valence-electron chi connectivity index (χ0n) is 21.3. The molecular formula is C26H37F2N3O3. The van der Waals surface area contributed by atoms with E-state index in [9.17, 15) is 13.6 Å². The predicted octanol–water partition coefficient (Wildman–Crippen LogP) is 5.41. The van der Waals surface area contributed by atoms with E-state index < -0.39 is 11.8 Å².